The quantitative estimate of drug-likeness (QED) is 0.827. The van der Waals surface area contributed by atoms with Gasteiger partial charge in [-0.15, -0.1) is 11.6 Å². The third-order valence-corrected chi connectivity index (χ3v) is 2.85. The van der Waals surface area contributed by atoms with E-state index in [4.69, 9.17) is 11.6 Å². The van der Waals surface area contributed by atoms with E-state index < -0.39 is 0 Å². The molecule has 0 bridgehead atoms. The Morgan fingerprint density at radius 1 is 1.31 bits per heavy atom. The molecule has 0 aliphatic heterocycles. The van der Waals surface area contributed by atoms with Gasteiger partial charge >= 0.3 is 0 Å². The monoisotopic (exact) mass is 236 g/mol. The molecule has 1 aromatic carbocycles. The van der Waals surface area contributed by atoms with Crippen molar-refractivity contribution in [2.75, 3.05) is 6.61 Å². The van der Waals surface area contributed by atoms with Crippen molar-refractivity contribution in [1.82, 2.24) is 9.55 Å². The Balaban J connectivity index is 2.37. The average molecular weight is 237 g/mol. The molecule has 2 rings (SSSR count). The first-order chi connectivity index (χ1) is 7.86. The minimum Gasteiger partial charge on any atom is -0.394 e. The molecule has 0 spiro atoms. The molecular weight excluding hydrogens is 224 g/mol. The molecule has 2 aromatic rings. The Bertz CT molecular complexity index is 441. The topological polar surface area (TPSA) is 38.0 Å². The molecule has 0 radical (unpaired) electrons. The van der Waals surface area contributed by atoms with Gasteiger partial charge in [-0.1, -0.05) is 30.3 Å². The summed E-state index contributed by atoms with van der Waals surface area (Å²) in [5.74, 6) is 0.392. The molecule has 1 N–H and O–H groups in total. The van der Waals surface area contributed by atoms with Gasteiger partial charge in [-0.2, -0.15) is 0 Å². The van der Waals surface area contributed by atoms with Crippen LogP contribution in [0, 0.1) is 0 Å². The molecular formula is C12H13ClN2O. The van der Waals surface area contributed by atoms with Gasteiger partial charge in [0.05, 0.1) is 30.5 Å². The lowest BCUT2D eigenvalue weighted by atomic mass is 10.1. The first-order valence-electron chi connectivity index (χ1n) is 5.09. The van der Waals surface area contributed by atoms with Crippen LogP contribution in [0.5, 0.6) is 0 Å². The molecule has 0 saturated carbocycles. The van der Waals surface area contributed by atoms with E-state index in [2.05, 4.69) is 4.98 Å². The van der Waals surface area contributed by atoms with Crippen LogP contribution in [0.15, 0.2) is 42.9 Å². The van der Waals surface area contributed by atoms with Crippen LogP contribution in [0.4, 0.5) is 0 Å². The summed E-state index contributed by atoms with van der Waals surface area (Å²) in [4.78, 5) is 4.05. The highest BCUT2D eigenvalue weighted by Gasteiger charge is 2.14. The Morgan fingerprint density at radius 3 is 2.69 bits per heavy atom. The van der Waals surface area contributed by atoms with E-state index in [0.29, 0.717) is 5.88 Å². The van der Waals surface area contributed by atoms with E-state index in [1.54, 1.807) is 12.5 Å². The summed E-state index contributed by atoms with van der Waals surface area (Å²) in [7, 11) is 0. The van der Waals surface area contributed by atoms with Gasteiger partial charge in [-0.3, -0.25) is 0 Å². The van der Waals surface area contributed by atoms with Gasteiger partial charge < -0.3 is 9.67 Å². The second kappa shape index (κ2) is 5.14. The molecule has 0 aliphatic rings. The van der Waals surface area contributed by atoms with Crippen LogP contribution in [0.2, 0.25) is 0 Å². The average Bonchev–Trinajstić information content (AvgIpc) is 2.80. The van der Waals surface area contributed by atoms with E-state index in [9.17, 15) is 5.11 Å². The molecule has 0 aliphatic carbocycles. The standard InChI is InChI=1S/C12H13ClN2O/c13-6-11-7-14-9-15(11)12(8-16)10-4-2-1-3-5-10/h1-5,7,9,12,16H,6,8H2/t12-/m0/s1. The number of imidazole rings is 1. The third-order valence-electron chi connectivity index (χ3n) is 2.58. The summed E-state index contributed by atoms with van der Waals surface area (Å²) in [6, 6.07) is 9.72. The maximum atomic E-state index is 9.48. The van der Waals surface area contributed by atoms with Crippen molar-refractivity contribution in [1.29, 1.82) is 0 Å². The fourth-order valence-electron chi connectivity index (χ4n) is 1.75. The molecule has 4 heteroatoms. The van der Waals surface area contributed by atoms with Crippen LogP contribution >= 0.6 is 11.6 Å². The summed E-state index contributed by atoms with van der Waals surface area (Å²) in [6.45, 7) is 0.0320. The van der Waals surface area contributed by atoms with Gasteiger partial charge in [0.15, 0.2) is 0 Å². The zero-order valence-corrected chi connectivity index (χ0v) is 9.51. The second-order valence-corrected chi connectivity index (χ2v) is 3.80. The molecule has 84 valence electrons. The molecule has 0 amide bonds. The number of halogens is 1. The minimum atomic E-state index is -0.113. The molecule has 0 unspecified atom stereocenters. The predicted octanol–water partition coefficient (Wildman–Crippen LogP) is 2.20. The van der Waals surface area contributed by atoms with Crippen LogP contribution in [-0.2, 0) is 5.88 Å². The summed E-state index contributed by atoms with van der Waals surface area (Å²) in [5.41, 5.74) is 1.96. The summed E-state index contributed by atoms with van der Waals surface area (Å²) >= 11 is 5.82. The fraction of sp³-hybridized carbons (Fsp3) is 0.250. The third kappa shape index (κ3) is 2.10. The normalized spacial score (nSPS) is 12.6. The first-order valence-corrected chi connectivity index (χ1v) is 5.62. The predicted molar refractivity (Wildman–Crippen MR) is 63.5 cm³/mol. The van der Waals surface area contributed by atoms with Gasteiger partial charge in [0, 0.05) is 6.20 Å². The maximum Gasteiger partial charge on any atom is 0.0955 e. The zero-order chi connectivity index (χ0) is 11.4. The highest BCUT2D eigenvalue weighted by atomic mass is 35.5. The zero-order valence-electron chi connectivity index (χ0n) is 8.75. The second-order valence-electron chi connectivity index (χ2n) is 3.53. The van der Waals surface area contributed by atoms with Gasteiger partial charge in [0.2, 0.25) is 0 Å². The summed E-state index contributed by atoms with van der Waals surface area (Å²) in [6.07, 6.45) is 3.42. The van der Waals surface area contributed by atoms with Crippen molar-refractivity contribution in [3.8, 4) is 0 Å². The number of aromatic nitrogens is 2. The van der Waals surface area contributed by atoms with Gasteiger partial charge in [0.25, 0.3) is 0 Å². The highest BCUT2D eigenvalue weighted by molar-refractivity contribution is 6.16. The van der Waals surface area contributed by atoms with Gasteiger partial charge in [-0.25, -0.2) is 4.98 Å². The molecule has 0 saturated heterocycles. The maximum absolute atomic E-state index is 9.48. The van der Waals surface area contributed by atoms with E-state index in [1.807, 2.05) is 34.9 Å². The lowest BCUT2D eigenvalue weighted by Crippen LogP contribution is -2.15. The molecule has 1 heterocycles. The van der Waals surface area contributed by atoms with E-state index in [0.717, 1.165) is 11.3 Å². The van der Waals surface area contributed by atoms with Crippen LogP contribution in [0.1, 0.15) is 17.3 Å². The van der Waals surface area contributed by atoms with E-state index in [-0.39, 0.29) is 12.6 Å². The van der Waals surface area contributed by atoms with Crippen molar-refractivity contribution in [3.05, 3.63) is 54.1 Å². The minimum absolute atomic E-state index is 0.0320. The van der Waals surface area contributed by atoms with Crippen LogP contribution < -0.4 is 0 Å². The molecule has 1 aromatic heterocycles. The number of nitrogens with zero attached hydrogens (tertiary/aromatic N) is 2. The number of aliphatic hydroxyl groups is 1. The van der Waals surface area contributed by atoms with E-state index >= 15 is 0 Å². The van der Waals surface area contributed by atoms with Crippen molar-refractivity contribution in [2.45, 2.75) is 11.9 Å². The summed E-state index contributed by atoms with van der Waals surface area (Å²) < 4.78 is 1.91. The van der Waals surface area contributed by atoms with Crippen molar-refractivity contribution < 1.29 is 5.11 Å². The number of alkyl halides is 1. The Labute approximate surface area is 99.3 Å². The van der Waals surface area contributed by atoms with Crippen LogP contribution in [-0.4, -0.2) is 21.3 Å². The highest BCUT2D eigenvalue weighted by Crippen LogP contribution is 2.20. The Morgan fingerprint density at radius 2 is 2.06 bits per heavy atom. The Kier molecular flexibility index (Phi) is 3.59. The van der Waals surface area contributed by atoms with Crippen LogP contribution in [0.3, 0.4) is 0 Å². The first kappa shape index (κ1) is 11.2. The van der Waals surface area contributed by atoms with Gasteiger partial charge in [-0.05, 0) is 5.56 Å². The number of hydrogen-bond donors (Lipinski definition) is 1. The number of benzene rings is 1. The number of aliphatic hydroxyl groups excluding tert-OH is 1. The molecule has 1 atom stereocenters. The van der Waals surface area contributed by atoms with Crippen molar-refractivity contribution >= 4 is 11.6 Å². The summed E-state index contributed by atoms with van der Waals surface area (Å²) in [5, 5.41) is 9.48. The number of hydrogen-bond acceptors (Lipinski definition) is 2. The molecule has 16 heavy (non-hydrogen) atoms. The molecule has 0 fully saturated rings. The van der Waals surface area contributed by atoms with Gasteiger partial charge in [0.1, 0.15) is 0 Å². The SMILES string of the molecule is OC[C@@H](c1ccccc1)n1cncc1CCl. The smallest absolute Gasteiger partial charge is 0.0955 e. The van der Waals surface area contributed by atoms with Crippen LogP contribution in [0.25, 0.3) is 0 Å². The lowest BCUT2D eigenvalue weighted by molar-refractivity contribution is 0.248. The fourth-order valence-corrected chi connectivity index (χ4v) is 1.95. The number of rotatable bonds is 4. The Hall–Kier alpha value is -1.32. The largest absolute Gasteiger partial charge is 0.394 e. The van der Waals surface area contributed by atoms with Crippen molar-refractivity contribution in [2.24, 2.45) is 0 Å². The lowest BCUT2D eigenvalue weighted by Gasteiger charge is -2.18. The molecule has 3 nitrogen and oxygen atoms in total. The van der Waals surface area contributed by atoms with E-state index in [1.165, 1.54) is 0 Å². The van der Waals surface area contributed by atoms with Crippen molar-refractivity contribution in [3.63, 3.8) is 0 Å².